The zero-order valence-corrected chi connectivity index (χ0v) is 15.6. The van der Waals surface area contributed by atoms with E-state index in [9.17, 15) is 0 Å². The van der Waals surface area contributed by atoms with Crippen LogP contribution in [0.5, 0.6) is 0 Å². The zero-order valence-electron chi connectivity index (χ0n) is 15.6. The van der Waals surface area contributed by atoms with Crippen molar-refractivity contribution in [3.63, 3.8) is 0 Å². The predicted molar refractivity (Wildman–Crippen MR) is 109 cm³/mol. The Hall–Kier alpha value is -2.79. The van der Waals surface area contributed by atoms with E-state index >= 15 is 0 Å². The fourth-order valence-electron chi connectivity index (χ4n) is 4.11. The summed E-state index contributed by atoms with van der Waals surface area (Å²) in [6.07, 6.45) is 1.94. The van der Waals surface area contributed by atoms with Gasteiger partial charge in [-0.2, -0.15) is 5.10 Å². The van der Waals surface area contributed by atoms with E-state index in [0.717, 1.165) is 45.1 Å². The van der Waals surface area contributed by atoms with Crippen molar-refractivity contribution in [2.24, 2.45) is 0 Å². The first kappa shape index (κ1) is 16.4. The molecule has 0 amide bonds. The number of aromatic nitrogens is 2. The molecule has 0 saturated carbocycles. The molecule has 2 aliphatic heterocycles. The van der Waals surface area contributed by atoms with Crippen LogP contribution in [0.2, 0.25) is 0 Å². The van der Waals surface area contributed by atoms with E-state index in [-0.39, 0.29) is 0 Å². The van der Waals surface area contributed by atoms with Crippen molar-refractivity contribution in [2.45, 2.75) is 13.5 Å². The van der Waals surface area contributed by atoms with Gasteiger partial charge in [-0.25, -0.2) is 0 Å². The van der Waals surface area contributed by atoms with Crippen LogP contribution in [0.4, 0.5) is 11.4 Å². The first-order valence-electron chi connectivity index (χ1n) is 9.68. The van der Waals surface area contributed by atoms with Crippen LogP contribution < -0.4 is 9.80 Å². The summed E-state index contributed by atoms with van der Waals surface area (Å²) in [5.41, 5.74) is 8.73. The van der Waals surface area contributed by atoms with E-state index in [4.69, 9.17) is 4.74 Å². The molecule has 1 saturated heterocycles. The van der Waals surface area contributed by atoms with E-state index < -0.39 is 0 Å². The molecular weight excluding hydrogens is 336 g/mol. The second-order valence-electron chi connectivity index (χ2n) is 7.16. The first-order chi connectivity index (χ1) is 13.3. The van der Waals surface area contributed by atoms with Crippen LogP contribution in [0.3, 0.4) is 0 Å². The highest BCUT2D eigenvalue weighted by molar-refractivity contribution is 5.85. The van der Waals surface area contributed by atoms with Crippen molar-refractivity contribution in [3.8, 4) is 22.4 Å². The van der Waals surface area contributed by atoms with E-state index in [1.165, 1.54) is 33.6 Å². The Labute approximate surface area is 159 Å². The molecule has 2 aromatic carbocycles. The maximum Gasteiger partial charge on any atom is 0.0720 e. The number of fused-ring (bicyclic) bond motifs is 3. The SMILES string of the molecule is CCN1Cc2cn[nH]c2-c2ccc(-c3ccc(N4CCOCC4)cc3)cc21. The van der Waals surface area contributed by atoms with E-state index in [2.05, 4.69) is 69.4 Å². The van der Waals surface area contributed by atoms with E-state index in [0.29, 0.717) is 0 Å². The Morgan fingerprint density at radius 2 is 1.81 bits per heavy atom. The minimum absolute atomic E-state index is 0.814. The van der Waals surface area contributed by atoms with Crippen molar-refractivity contribution < 1.29 is 4.74 Å². The third-order valence-corrected chi connectivity index (χ3v) is 5.65. The topological polar surface area (TPSA) is 44.4 Å². The zero-order chi connectivity index (χ0) is 18.2. The summed E-state index contributed by atoms with van der Waals surface area (Å²) < 4.78 is 5.45. The molecule has 1 fully saturated rings. The molecule has 5 nitrogen and oxygen atoms in total. The lowest BCUT2D eigenvalue weighted by atomic mass is 9.95. The lowest BCUT2D eigenvalue weighted by molar-refractivity contribution is 0.122. The Bertz CT molecular complexity index is 941. The molecule has 138 valence electrons. The van der Waals surface area contributed by atoms with Gasteiger partial charge in [0, 0.05) is 48.7 Å². The average Bonchev–Trinajstić information content (AvgIpc) is 3.22. The number of rotatable bonds is 3. The Morgan fingerprint density at radius 1 is 1.04 bits per heavy atom. The number of hydrogen-bond acceptors (Lipinski definition) is 4. The van der Waals surface area contributed by atoms with Gasteiger partial charge in [-0.3, -0.25) is 5.10 Å². The molecule has 3 heterocycles. The molecule has 0 atom stereocenters. The minimum atomic E-state index is 0.814. The van der Waals surface area contributed by atoms with Crippen LogP contribution in [0.25, 0.3) is 22.4 Å². The van der Waals surface area contributed by atoms with E-state index in [1.807, 2.05) is 6.20 Å². The smallest absolute Gasteiger partial charge is 0.0720 e. The Morgan fingerprint density at radius 3 is 2.59 bits per heavy atom. The van der Waals surface area contributed by atoms with Crippen molar-refractivity contribution in [3.05, 3.63) is 54.2 Å². The maximum atomic E-state index is 5.45. The Kier molecular flexibility index (Phi) is 4.09. The van der Waals surface area contributed by atoms with Crippen LogP contribution in [-0.2, 0) is 11.3 Å². The number of anilines is 2. The quantitative estimate of drug-likeness (QED) is 0.769. The summed E-state index contributed by atoms with van der Waals surface area (Å²) in [7, 11) is 0. The number of ether oxygens (including phenoxy) is 1. The molecule has 1 N–H and O–H groups in total. The Balaban J connectivity index is 1.48. The van der Waals surface area contributed by atoms with Gasteiger partial charge in [-0.15, -0.1) is 0 Å². The van der Waals surface area contributed by atoms with Crippen LogP contribution in [-0.4, -0.2) is 43.0 Å². The first-order valence-corrected chi connectivity index (χ1v) is 9.68. The molecule has 1 aromatic heterocycles. The fourth-order valence-corrected chi connectivity index (χ4v) is 4.11. The molecule has 0 bridgehead atoms. The summed E-state index contributed by atoms with van der Waals surface area (Å²) in [6.45, 7) is 7.67. The number of H-pyrrole nitrogens is 1. The summed E-state index contributed by atoms with van der Waals surface area (Å²) in [6, 6.07) is 15.7. The molecular formula is C22H24N4O. The molecule has 5 heteroatoms. The second kappa shape index (κ2) is 6.74. The highest BCUT2D eigenvalue weighted by Gasteiger charge is 2.23. The number of hydrogen-bond donors (Lipinski definition) is 1. The molecule has 0 unspecified atom stereocenters. The van der Waals surface area contributed by atoms with Gasteiger partial charge >= 0.3 is 0 Å². The van der Waals surface area contributed by atoms with Crippen LogP contribution in [0.15, 0.2) is 48.7 Å². The summed E-state index contributed by atoms with van der Waals surface area (Å²) in [5.74, 6) is 0. The van der Waals surface area contributed by atoms with Crippen LogP contribution >= 0.6 is 0 Å². The van der Waals surface area contributed by atoms with Gasteiger partial charge in [-0.05, 0) is 36.2 Å². The summed E-state index contributed by atoms with van der Waals surface area (Å²) in [4.78, 5) is 4.80. The highest BCUT2D eigenvalue weighted by atomic mass is 16.5. The third kappa shape index (κ3) is 2.88. The van der Waals surface area contributed by atoms with Gasteiger partial charge in [0.2, 0.25) is 0 Å². The number of aromatic amines is 1. The van der Waals surface area contributed by atoms with Crippen molar-refractivity contribution in [1.82, 2.24) is 10.2 Å². The van der Waals surface area contributed by atoms with Gasteiger partial charge in [0.05, 0.1) is 25.1 Å². The normalized spacial score (nSPS) is 16.2. The molecule has 0 aliphatic carbocycles. The van der Waals surface area contributed by atoms with Crippen LogP contribution in [0.1, 0.15) is 12.5 Å². The summed E-state index contributed by atoms with van der Waals surface area (Å²) >= 11 is 0. The number of nitrogens with one attached hydrogen (secondary N) is 1. The number of morpholine rings is 1. The summed E-state index contributed by atoms with van der Waals surface area (Å²) in [5, 5.41) is 7.41. The molecule has 27 heavy (non-hydrogen) atoms. The fraction of sp³-hybridized carbons (Fsp3) is 0.318. The van der Waals surface area contributed by atoms with Crippen molar-refractivity contribution in [2.75, 3.05) is 42.6 Å². The maximum absolute atomic E-state index is 5.45. The van der Waals surface area contributed by atoms with Crippen molar-refractivity contribution in [1.29, 1.82) is 0 Å². The molecule has 2 aliphatic rings. The monoisotopic (exact) mass is 360 g/mol. The van der Waals surface area contributed by atoms with Gasteiger partial charge in [0.15, 0.2) is 0 Å². The molecule has 0 spiro atoms. The molecule has 5 rings (SSSR count). The number of nitrogens with zero attached hydrogens (tertiary/aromatic N) is 3. The van der Waals surface area contributed by atoms with E-state index in [1.54, 1.807) is 0 Å². The molecule has 3 aromatic rings. The van der Waals surface area contributed by atoms with Crippen molar-refractivity contribution >= 4 is 11.4 Å². The van der Waals surface area contributed by atoms with Gasteiger partial charge in [0.1, 0.15) is 0 Å². The van der Waals surface area contributed by atoms with Gasteiger partial charge in [-0.1, -0.05) is 24.3 Å². The minimum Gasteiger partial charge on any atom is -0.378 e. The largest absolute Gasteiger partial charge is 0.378 e. The highest BCUT2D eigenvalue weighted by Crippen LogP contribution is 2.40. The van der Waals surface area contributed by atoms with Gasteiger partial charge < -0.3 is 14.5 Å². The van der Waals surface area contributed by atoms with Crippen LogP contribution in [0, 0.1) is 0 Å². The van der Waals surface area contributed by atoms with Gasteiger partial charge in [0.25, 0.3) is 0 Å². The standard InChI is InChI=1S/C22H24N4O/c1-2-25-15-18-14-23-24-22(18)20-8-5-17(13-21(20)25)16-3-6-19(7-4-16)26-9-11-27-12-10-26/h3-8,13-14H,2,9-12,15H2,1H3,(H,23,24). The second-order valence-corrected chi connectivity index (χ2v) is 7.16. The predicted octanol–water partition coefficient (Wildman–Crippen LogP) is 3.92. The third-order valence-electron chi connectivity index (χ3n) is 5.65. The average molecular weight is 360 g/mol. The number of benzene rings is 2. The molecule has 0 radical (unpaired) electrons. The lowest BCUT2D eigenvalue weighted by Crippen LogP contribution is -2.36. The lowest BCUT2D eigenvalue weighted by Gasteiger charge is -2.30.